The van der Waals surface area contributed by atoms with Gasteiger partial charge >= 0.3 is 0 Å². The van der Waals surface area contributed by atoms with Crippen LogP contribution in [0.4, 0.5) is 0 Å². The molecule has 0 amide bonds. The summed E-state index contributed by atoms with van der Waals surface area (Å²) in [5, 5.41) is 0. The van der Waals surface area contributed by atoms with Crippen LogP contribution in [0.1, 0.15) is 19.3 Å². The zero-order valence-corrected chi connectivity index (χ0v) is 10.4. The van der Waals surface area contributed by atoms with Gasteiger partial charge in [-0.3, -0.25) is 0 Å². The lowest BCUT2D eigenvalue weighted by Gasteiger charge is -2.15. The van der Waals surface area contributed by atoms with Crippen LogP contribution in [0.5, 0.6) is 0 Å². The predicted molar refractivity (Wildman–Crippen MR) is 72.8 cm³/mol. The molecular formula is C13H15N3S. The normalized spacial score (nSPS) is 17.2. The lowest BCUT2D eigenvalue weighted by Crippen LogP contribution is -2.19. The second-order valence-corrected chi connectivity index (χ2v) is 5.53. The lowest BCUT2D eigenvalue weighted by atomic mass is 10.0. The number of benzene rings is 1. The molecule has 88 valence electrons. The van der Waals surface area contributed by atoms with Gasteiger partial charge in [0.05, 0.1) is 22.3 Å². The highest BCUT2D eigenvalue weighted by Crippen LogP contribution is 2.50. The summed E-state index contributed by atoms with van der Waals surface area (Å²) >= 11 is 5.03. The monoisotopic (exact) mass is 245 g/mol. The number of hydrogen-bond acceptors (Lipinski definition) is 2. The van der Waals surface area contributed by atoms with Crippen molar-refractivity contribution in [2.45, 2.75) is 25.8 Å². The molecule has 0 unspecified atom stereocenters. The van der Waals surface area contributed by atoms with Gasteiger partial charge in [-0.1, -0.05) is 24.4 Å². The summed E-state index contributed by atoms with van der Waals surface area (Å²) in [6, 6.07) is 8.22. The maximum absolute atomic E-state index is 5.67. The van der Waals surface area contributed by atoms with Crippen molar-refractivity contribution in [2.24, 2.45) is 11.1 Å². The number of rotatable bonds is 4. The van der Waals surface area contributed by atoms with Crippen LogP contribution < -0.4 is 5.73 Å². The number of aromatic nitrogens is 2. The average molecular weight is 245 g/mol. The van der Waals surface area contributed by atoms with Crippen LogP contribution in [0.25, 0.3) is 11.0 Å². The first kappa shape index (κ1) is 10.7. The molecule has 0 saturated heterocycles. The number of hydrogen-bond donors (Lipinski definition) is 1. The van der Waals surface area contributed by atoms with E-state index in [4.69, 9.17) is 18.0 Å². The molecule has 3 nitrogen and oxygen atoms in total. The number of nitrogens with zero attached hydrogens (tertiary/aromatic N) is 2. The van der Waals surface area contributed by atoms with E-state index in [1.54, 1.807) is 0 Å². The van der Waals surface area contributed by atoms with Gasteiger partial charge in [0.1, 0.15) is 0 Å². The standard InChI is InChI=1S/C13H15N3S/c14-12(17)7-13(5-6-13)8-16-9-15-10-3-1-2-4-11(10)16/h1-4,9H,5-8H2,(H2,14,17). The Labute approximate surface area is 106 Å². The summed E-state index contributed by atoms with van der Waals surface area (Å²) in [5.74, 6) is 0. The van der Waals surface area contributed by atoms with Crippen molar-refractivity contribution in [3.63, 3.8) is 0 Å². The largest absolute Gasteiger partial charge is 0.393 e. The van der Waals surface area contributed by atoms with Crippen molar-refractivity contribution in [1.29, 1.82) is 0 Å². The highest BCUT2D eigenvalue weighted by Gasteiger charge is 2.43. The number of thiocarbonyl (C=S) groups is 1. The topological polar surface area (TPSA) is 43.8 Å². The number of imidazole rings is 1. The third-order valence-electron chi connectivity index (χ3n) is 3.54. The van der Waals surface area contributed by atoms with Gasteiger partial charge in [-0.15, -0.1) is 0 Å². The third kappa shape index (κ3) is 2.05. The fourth-order valence-electron chi connectivity index (χ4n) is 2.43. The van der Waals surface area contributed by atoms with Crippen LogP contribution >= 0.6 is 12.2 Å². The van der Waals surface area contributed by atoms with Crippen LogP contribution in [-0.4, -0.2) is 14.5 Å². The number of para-hydroxylation sites is 2. The smallest absolute Gasteiger partial charge is 0.0958 e. The summed E-state index contributed by atoms with van der Waals surface area (Å²) in [5.41, 5.74) is 8.22. The van der Waals surface area contributed by atoms with E-state index in [1.165, 1.54) is 18.4 Å². The van der Waals surface area contributed by atoms with Crippen LogP contribution in [-0.2, 0) is 6.54 Å². The van der Waals surface area contributed by atoms with E-state index in [2.05, 4.69) is 15.6 Å². The molecule has 1 aliphatic carbocycles. The Morgan fingerprint density at radius 2 is 2.18 bits per heavy atom. The van der Waals surface area contributed by atoms with Crippen molar-refractivity contribution >= 4 is 28.2 Å². The van der Waals surface area contributed by atoms with Gasteiger partial charge in [0.15, 0.2) is 0 Å². The van der Waals surface area contributed by atoms with Gasteiger partial charge in [-0.05, 0) is 30.4 Å². The number of fused-ring (bicyclic) bond motifs is 1. The van der Waals surface area contributed by atoms with Crippen LogP contribution in [0, 0.1) is 5.41 Å². The highest BCUT2D eigenvalue weighted by molar-refractivity contribution is 7.80. The highest BCUT2D eigenvalue weighted by atomic mass is 32.1. The fourth-order valence-corrected chi connectivity index (χ4v) is 2.74. The maximum Gasteiger partial charge on any atom is 0.0958 e. The van der Waals surface area contributed by atoms with E-state index in [1.807, 2.05) is 24.5 Å². The van der Waals surface area contributed by atoms with Crippen molar-refractivity contribution in [2.75, 3.05) is 0 Å². The minimum absolute atomic E-state index is 0.301. The zero-order chi connectivity index (χ0) is 11.9. The van der Waals surface area contributed by atoms with Crippen LogP contribution in [0.3, 0.4) is 0 Å². The number of nitrogens with two attached hydrogens (primary N) is 1. The second-order valence-electron chi connectivity index (χ2n) is 5.00. The fraction of sp³-hybridized carbons (Fsp3) is 0.385. The van der Waals surface area contributed by atoms with E-state index < -0.39 is 0 Å². The molecule has 1 heterocycles. The van der Waals surface area contributed by atoms with Gasteiger partial charge in [-0.25, -0.2) is 4.98 Å². The Bertz CT molecular complexity index is 569. The zero-order valence-electron chi connectivity index (χ0n) is 9.60. The SMILES string of the molecule is NC(=S)CC1(Cn2cnc3ccccc32)CC1. The van der Waals surface area contributed by atoms with Gasteiger partial charge in [0.25, 0.3) is 0 Å². The van der Waals surface area contributed by atoms with Crippen molar-refractivity contribution in [3.05, 3.63) is 30.6 Å². The van der Waals surface area contributed by atoms with Crippen molar-refractivity contribution < 1.29 is 0 Å². The van der Waals surface area contributed by atoms with Gasteiger partial charge in [0, 0.05) is 13.0 Å². The van der Waals surface area contributed by atoms with Gasteiger partial charge < -0.3 is 10.3 Å². The average Bonchev–Trinajstić information content (AvgIpc) is 2.91. The second kappa shape index (κ2) is 3.81. The van der Waals surface area contributed by atoms with Crippen molar-refractivity contribution in [3.8, 4) is 0 Å². The lowest BCUT2D eigenvalue weighted by molar-refractivity contribution is 0.445. The van der Waals surface area contributed by atoms with Crippen LogP contribution in [0.2, 0.25) is 0 Å². The first-order valence-corrected chi connectivity index (χ1v) is 6.28. The molecule has 0 radical (unpaired) electrons. The van der Waals surface area contributed by atoms with Gasteiger partial charge in [-0.2, -0.15) is 0 Å². The Balaban J connectivity index is 1.88. The molecule has 4 heteroatoms. The Hall–Kier alpha value is -1.42. The molecule has 1 aliphatic rings. The summed E-state index contributed by atoms with van der Waals surface area (Å²) in [7, 11) is 0. The van der Waals surface area contributed by atoms with E-state index in [-0.39, 0.29) is 0 Å². The molecule has 0 spiro atoms. The molecule has 0 bridgehead atoms. The van der Waals surface area contributed by atoms with E-state index in [0.717, 1.165) is 18.5 Å². The molecule has 17 heavy (non-hydrogen) atoms. The molecule has 1 aromatic carbocycles. The van der Waals surface area contributed by atoms with Gasteiger partial charge in [0.2, 0.25) is 0 Å². The summed E-state index contributed by atoms with van der Waals surface area (Å²) in [6.07, 6.45) is 5.22. The summed E-state index contributed by atoms with van der Waals surface area (Å²) in [4.78, 5) is 5.04. The Kier molecular flexibility index (Phi) is 2.40. The Morgan fingerprint density at radius 3 is 2.88 bits per heavy atom. The molecule has 1 fully saturated rings. The maximum atomic E-state index is 5.67. The third-order valence-corrected chi connectivity index (χ3v) is 3.68. The predicted octanol–water partition coefficient (Wildman–Crippen LogP) is 2.49. The molecule has 0 aliphatic heterocycles. The van der Waals surface area contributed by atoms with Crippen LogP contribution in [0.15, 0.2) is 30.6 Å². The molecule has 0 atom stereocenters. The van der Waals surface area contributed by atoms with E-state index >= 15 is 0 Å². The van der Waals surface area contributed by atoms with E-state index in [0.29, 0.717) is 10.4 Å². The van der Waals surface area contributed by atoms with Crippen molar-refractivity contribution in [1.82, 2.24) is 9.55 Å². The molecule has 3 rings (SSSR count). The molecule has 1 saturated carbocycles. The molecule has 2 aromatic rings. The molecule has 1 aromatic heterocycles. The first-order valence-electron chi connectivity index (χ1n) is 5.87. The van der Waals surface area contributed by atoms with E-state index in [9.17, 15) is 0 Å². The minimum Gasteiger partial charge on any atom is -0.393 e. The quantitative estimate of drug-likeness (QED) is 0.842. The first-order chi connectivity index (χ1) is 8.19. The summed E-state index contributed by atoms with van der Waals surface area (Å²) < 4.78 is 2.22. The molecule has 2 N–H and O–H groups in total. The Morgan fingerprint density at radius 1 is 1.41 bits per heavy atom. The minimum atomic E-state index is 0.301. The summed E-state index contributed by atoms with van der Waals surface area (Å²) in [6.45, 7) is 0.977. The molecular weight excluding hydrogens is 230 g/mol.